The zero-order valence-electron chi connectivity index (χ0n) is 14.8. The lowest BCUT2D eigenvalue weighted by Gasteiger charge is -2.38. The van der Waals surface area contributed by atoms with Crippen molar-refractivity contribution < 1.29 is 4.79 Å². The summed E-state index contributed by atoms with van der Waals surface area (Å²) in [5.74, 6) is 1.73. The van der Waals surface area contributed by atoms with Crippen LogP contribution in [0.5, 0.6) is 0 Å². The molecule has 3 nitrogen and oxygen atoms in total. The Hall–Kier alpha value is -1.35. The van der Waals surface area contributed by atoms with E-state index in [0.29, 0.717) is 5.92 Å². The molecule has 2 fully saturated rings. The summed E-state index contributed by atoms with van der Waals surface area (Å²) in [4.78, 5) is 15.4. The molecule has 3 rings (SSSR count). The first-order valence-corrected chi connectivity index (χ1v) is 9.19. The van der Waals surface area contributed by atoms with E-state index in [9.17, 15) is 4.79 Å². The first kappa shape index (κ1) is 16.5. The van der Waals surface area contributed by atoms with E-state index in [1.54, 1.807) is 0 Å². The molecule has 3 heteroatoms. The van der Waals surface area contributed by atoms with Crippen molar-refractivity contribution >= 4 is 11.6 Å². The van der Waals surface area contributed by atoms with Crippen LogP contribution in [0, 0.1) is 25.7 Å². The van der Waals surface area contributed by atoms with E-state index in [1.165, 1.54) is 25.7 Å². The molecule has 0 aromatic heterocycles. The van der Waals surface area contributed by atoms with E-state index in [2.05, 4.69) is 43.1 Å². The smallest absolute Gasteiger partial charge is 0.241 e. The summed E-state index contributed by atoms with van der Waals surface area (Å²) in [6, 6.07) is 6.24. The Balaban J connectivity index is 1.73. The molecule has 23 heavy (non-hydrogen) atoms. The predicted molar refractivity (Wildman–Crippen MR) is 95.6 cm³/mol. The van der Waals surface area contributed by atoms with Gasteiger partial charge in [-0.05, 0) is 69.0 Å². The average molecular weight is 314 g/mol. The molecule has 0 spiro atoms. The highest BCUT2D eigenvalue weighted by Crippen LogP contribution is 2.34. The van der Waals surface area contributed by atoms with Gasteiger partial charge in [-0.3, -0.25) is 9.69 Å². The maximum absolute atomic E-state index is 13.0. The summed E-state index contributed by atoms with van der Waals surface area (Å²) >= 11 is 0. The molecule has 2 aliphatic rings. The third-order valence-corrected chi connectivity index (χ3v) is 5.62. The van der Waals surface area contributed by atoms with Gasteiger partial charge in [0.25, 0.3) is 0 Å². The average Bonchev–Trinajstić information content (AvgIpc) is 3.35. The van der Waals surface area contributed by atoms with Gasteiger partial charge in [-0.1, -0.05) is 31.5 Å². The summed E-state index contributed by atoms with van der Waals surface area (Å²) in [7, 11) is 0. The second-order valence-corrected chi connectivity index (χ2v) is 7.51. The number of likely N-dealkylation sites (tertiary alicyclic amines) is 1. The number of anilines is 1. The van der Waals surface area contributed by atoms with E-state index in [4.69, 9.17) is 0 Å². The Morgan fingerprint density at radius 3 is 2.48 bits per heavy atom. The summed E-state index contributed by atoms with van der Waals surface area (Å²) in [6.45, 7) is 8.59. The molecule has 2 atom stereocenters. The number of nitrogens with one attached hydrogen (secondary N) is 1. The fourth-order valence-electron chi connectivity index (χ4n) is 3.80. The zero-order chi connectivity index (χ0) is 16.4. The van der Waals surface area contributed by atoms with E-state index in [1.807, 2.05) is 6.07 Å². The third kappa shape index (κ3) is 3.95. The van der Waals surface area contributed by atoms with Crippen molar-refractivity contribution in [2.75, 3.05) is 18.4 Å². The monoisotopic (exact) mass is 314 g/mol. The first-order chi connectivity index (χ1) is 11.1. The van der Waals surface area contributed by atoms with E-state index in [0.717, 1.165) is 42.2 Å². The fourth-order valence-corrected chi connectivity index (χ4v) is 3.80. The highest BCUT2D eigenvalue weighted by Gasteiger charge is 2.36. The molecule has 1 aromatic rings. The standard InChI is InChI=1S/C20H30N2O/c1-4-16-10-11-22(13-17-8-9-17)18(12-16)20(23)21-19-14(2)6-5-7-15(19)3/h5-7,16-18H,4,8-13H2,1-3H3,(H,21,23)/t16-,18-/m0/s1. The van der Waals surface area contributed by atoms with Crippen LogP contribution in [0.1, 0.15) is 50.2 Å². The minimum atomic E-state index is 0.0494. The number of aryl methyl sites for hydroxylation is 2. The number of carbonyl (C=O) groups excluding carboxylic acids is 1. The van der Waals surface area contributed by atoms with E-state index < -0.39 is 0 Å². The lowest BCUT2D eigenvalue weighted by Crippen LogP contribution is -2.50. The van der Waals surface area contributed by atoms with Crippen LogP contribution in [0.25, 0.3) is 0 Å². The third-order valence-electron chi connectivity index (χ3n) is 5.62. The van der Waals surface area contributed by atoms with Crippen molar-refractivity contribution in [2.45, 2.75) is 58.9 Å². The number of nitrogens with zero attached hydrogens (tertiary/aromatic N) is 1. The molecule has 1 amide bonds. The second kappa shape index (κ2) is 7.04. The molecule has 0 bridgehead atoms. The van der Waals surface area contributed by atoms with Crippen molar-refractivity contribution in [1.29, 1.82) is 0 Å². The van der Waals surface area contributed by atoms with Crippen LogP contribution in [-0.4, -0.2) is 29.9 Å². The first-order valence-electron chi connectivity index (χ1n) is 9.19. The fraction of sp³-hybridized carbons (Fsp3) is 0.650. The molecule has 1 N–H and O–H groups in total. The van der Waals surface area contributed by atoms with Crippen LogP contribution in [0.15, 0.2) is 18.2 Å². The predicted octanol–water partition coefficient (Wildman–Crippen LogP) is 4.14. The molecule has 1 aliphatic heterocycles. The van der Waals surface area contributed by atoms with Gasteiger partial charge in [-0.2, -0.15) is 0 Å². The largest absolute Gasteiger partial charge is 0.324 e. The summed E-state index contributed by atoms with van der Waals surface area (Å²) in [5.41, 5.74) is 3.30. The van der Waals surface area contributed by atoms with Crippen molar-refractivity contribution in [3.05, 3.63) is 29.3 Å². The van der Waals surface area contributed by atoms with Crippen LogP contribution in [0.4, 0.5) is 5.69 Å². The SMILES string of the molecule is CC[C@H]1CCN(CC2CC2)[C@H](C(=O)Nc2c(C)cccc2C)C1. The van der Waals surface area contributed by atoms with Gasteiger partial charge in [-0.25, -0.2) is 0 Å². The Morgan fingerprint density at radius 1 is 1.17 bits per heavy atom. The number of carbonyl (C=O) groups is 1. The summed E-state index contributed by atoms with van der Waals surface area (Å²) in [5, 5.41) is 3.24. The van der Waals surface area contributed by atoms with Crippen LogP contribution >= 0.6 is 0 Å². The van der Waals surface area contributed by atoms with Crippen molar-refractivity contribution in [1.82, 2.24) is 4.90 Å². The molecule has 1 aliphatic carbocycles. The molecular weight excluding hydrogens is 284 g/mol. The van der Waals surface area contributed by atoms with Gasteiger partial charge >= 0.3 is 0 Å². The van der Waals surface area contributed by atoms with Crippen LogP contribution in [0.3, 0.4) is 0 Å². The van der Waals surface area contributed by atoms with Crippen molar-refractivity contribution in [2.24, 2.45) is 11.8 Å². The molecule has 1 saturated carbocycles. The molecular formula is C20H30N2O. The number of benzene rings is 1. The molecule has 126 valence electrons. The van der Waals surface area contributed by atoms with Gasteiger partial charge in [0.15, 0.2) is 0 Å². The molecule has 0 radical (unpaired) electrons. The lowest BCUT2D eigenvalue weighted by molar-refractivity contribution is -0.123. The maximum atomic E-state index is 13.0. The van der Waals surface area contributed by atoms with Gasteiger partial charge in [0.1, 0.15) is 0 Å². The number of rotatable bonds is 5. The number of para-hydroxylation sites is 1. The summed E-state index contributed by atoms with van der Waals surface area (Å²) in [6.07, 6.45) is 6.14. The van der Waals surface area contributed by atoms with Crippen LogP contribution in [0.2, 0.25) is 0 Å². The highest BCUT2D eigenvalue weighted by molar-refractivity contribution is 5.96. The van der Waals surface area contributed by atoms with Gasteiger partial charge < -0.3 is 5.32 Å². The number of hydrogen-bond acceptors (Lipinski definition) is 2. The molecule has 1 saturated heterocycles. The Labute approximate surface area is 140 Å². The zero-order valence-corrected chi connectivity index (χ0v) is 14.8. The Kier molecular flexibility index (Phi) is 5.05. The van der Waals surface area contributed by atoms with E-state index >= 15 is 0 Å². The van der Waals surface area contributed by atoms with E-state index in [-0.39, 0.29) is 11.9 Å². The van der Waals surface area contributed by atoms with Crippen LogP contribution < -0.4 is 5.32 Å². The lowest BCUT2D eigenvalue weighted by atomic mass is 9.88. The number of piperidine rings is 1. The minimum Gasteiger partial charge on any atom is -0.324 e. The Bertz CT molecular complexity index is 545. The van der Waals surface area contributed by atoms with Gasteiger partial charge in [0.05, 0.1) is 6.04 Å². The normalized spacial score (nSPS) is 25.3. The minimum absolute atomic E-state index is 0.0494. The quantitative estimate of drug-likeness (QED) is 0.886. The highest BCUT2D eigenvalue weighted by atomic mass is 16.2. The number of amides is 1. The number of hydrogen-bond donors (Lipinski definition) is 1. The van der Waals surface area contributed by atoms with Gasteiger partial charge in [0.2, 0.25) is 5.91 Å². The van der Waals surface area contributed by atoms with Crippen molar-refractivity contribution in [3.63, 3.8) is 0 Å². The summed E-state index contributed by atoms with van der Waals surface area (Å²) < 4.78 is 0. The molecule has 1 aromatic carbocycles. The topological polar surface area (TPSA) is 32.3 Å². The second-order valence-electron chi connectivity index (χ2n) is 7.51. The molecule has 1 heterocycles. The van der Waals surface area contributed by atoms with Crippen molar-refractivity contribution in [3.8, 4) is 0 Å². The maximum Gasteiger partial charge on any atom is 0.241 e. The van der Waals surface area contributed by atoms with Crippen LogP contribution in [-0.2, 0) is 4.79 Å². The molecule has 0 unspecified atom stereocenters. The van der Waals surface area contributed by atoms with Gasteiger partial charge in [-0.15, -0.1) is 0 Å². The Morgan fingerprint density at radius 2 is 1.87 bits per heavy atom. The van der Waals surface area contributed by atoms with Gasteiger partial charge in [0, 0.05) is 12.2 Å².